The molecule has 8 heteroatoms. The molecule has 6 nitrogen and oxygen atoms in total. The summed E-state index contributed by atoms with van der Waals surface area (Å²) >= 11 is 6.91. The van der Waals surface area contributed by atoms with Crippen LogP contribution in [0.25, 0.3) is 10.9 Å². The van der Waals surface area contributed by atoms with E-state index in [-0.39, 0.29) is 18.1 Å². The van der Waals surface area contributed by atoms with Crippen LogP contribution in [-0.2, 0) is 0 Å². The molecule has 0 aliphatic heterocycles. The summed E-state index contributed by atoms with van der Waals surface area (Å²) in [7, 11) is 0. The van der Waals surface area contributed by atoms with Crippen molar-refractivity contribution in [3.63, 3.8) is 0 Å². The molecule has 160 valence electrons. The summed E-state index contributed by atoms with van der Waals surface area (Å²) in [6.07, 6.45) is 6.89. The minimum Gasteiger partial charge on any atom is -0.490 e. The van der Waals surface area contributed by atoms with Crippen LogP contribution in [0.3, 0.4) is 0 Å². The van der Waals surface area contributed by atoms with E-state index in [9.17, 15) is 4.79 Å². The second-order valence-corrected chi connectivity index (χ2v) is 8.67. The molecular weight excluding hydrogens is 526 g/mol. The minimum absolute atomic E-state index is 0.00292. The second-order valence-electron chi connectivity index (χ2n) is 6.90. The van der Waals surface area contributed by atoms with E-state index in [0.29, 0.717) is 39.3 Å². The first-order valence-electron chi connectivity index (χ1n) is 9.64. The number of hydrogen-bond donors (Lipinski definition) is 0. The Morgan fingerprint density at radius 1 is 1.26 bits per heavy atom. The van der Waals surface area contributed by atoms with Gasteiger partial charge in [-0.05, 0) is 58.7 Å². The van der Waals surface area contributed by atoms with Crippen molar-refractivity contribution in [3.05, 3.63) is 61.0 Å². The summed E-state index contributed by atoms with van der Waals surface area (Å²) in [5, 5.41) is 4.95. The Bertz CT molecular complexity index is 1240. The Morgan fingerprint density at radius 2 is 2.03 bits per heavy atom. The van der Waals surface area contributed by atoms with Gasteiger partial charge in [-0.15, -0.1) is 6.42 Å². The van der Waals surface area contributed by atoms with Gasteiger partial charge in [-0.2, -0.15) is 9.78 Å². The van der Waals surface area contributed by atoms with Crippen LogP contribution < -0.4 is 15.0 Å². The Labute approximate surface area is 197 Å². The second kappa shape index (κ2) is 10.1. The molecule has 3 aromatic rings. The lowest BCUT2D eigenvalue weighted by Gasteiger charge is -2.14. The van der Waals surface area contributed by atoms with Gasteiger partial charge >= 0.3 is 0 Å². The average Bonchev–Trinajstić information content (AvgIpc) is 2.73. The highest BCUT2D eigenvalue weighted by Crippen LogP contribution is 2.36. The first-order chi connectivity index (χ1) is 14.8. The molecule has 1 aromatic heterocycles. The van der Waals surface area contributed by atoms with Crippen molar-refractivity contribution in [1.82, 2.24) is 9.66 Å². The molecule has 0 atom stereocenters. The highest BCUT2D eigenvalue weighted by molar-refractivity contribution is 9.10. The van der Waals surface area contributed by atoms with Crippen LogP contribution in [0.15, 0.2) is 49.2 Å². The molecule has 0 radical (unpaired) electrons. The molecule has 1 heterocycles. The Hall–Kier alpha value is -2.63. The highest BCUT2D eigenvalue weighted by atomic mass is 79.9. The van der Waals surface area contributed by atoms with Gasteiger partial charge in [0.1, 0.15) is 12.4 Å². The summed E-state index contributed by atoms with van der Waals surface area (Å²) in [5.74, 6) is 4.08. The molecule has 0 spiro atoms. The van der Waals surface area contributed by atoms with Crippen LogP contribution in [0, 0.1) is 12.3 Å². The molecule has 0 saturated carbocycles. The molecule has 0 bridgehead atoms. The molecule has 0 unspecified atom stereocenters. The average molecular weight is 547 g/mol. The largest absolute Gasteiger partial charge is 0.490 e. The first-order valence-corrected chi connectivity index (χ1v) is 11.2. The van der Waals surface area contributed by atoms with Crippen LogP contribution in [0.1, 0.15) is 38.1 Å². The number of hydrogen-bond acceptors (Lipinski definition) is 5. The fourth-order valence-corrected chi connectivity index (χ4v) is 3.89. The normalized spacial score (nSPS) is 11.3. The van der Waals surface area contributed by atoms with E-state index in [1.807, 2.05) is 39.0 Å². The van der Waals surface area contributed by atoms with Gasteiger partial charge < -0.3 is 9.47 Å². The van der Waals surface area contributed by atoms with Gasteiger partial charge in [-0.1, -0.05) is 35.7 Å². The lowest BCUT2D eigenvalue weighted by molar-refractivity contribution is 0.298. The van der Waals surface area contributed by atoms with E-state index in [1.165, 1.54) is 4.68 Å². The van der Waals surface area contributed by atoms with Gasteiger partial charge in [0.05, 0.1) is 28.2 Å². The van der Waals surface area contributed by atoms with Crippen LogP contribution in [0.2, 0.25) is 0 Å². The highest BCUT2D eigenvalue weighted by Gasteiger charge is 2.15. The lowest BCUT2D eigenvalue weighted by Crippen LogP contribution is -2.23. The van der Waals surface area contributed by atoms with Crippen LogP contribution >= 0.6 is 31.9 Å². The van der Waals surface area contributed by atoms with E-state index in [4.69, 9.17) is 15.9 Å². The standard InChI is InChI=1S/C23H21Br2N3O3/c1-5-9-31-21-18(25)10-15(11-20(21)30-6-2)13-26-28-22(14(3)4)27-19-8-7-16(24)12-17(19)23(28)29/h1,7-8,10-14H,6,9H2,2-4H3. The summed E-state index contributed by atoms with van der Waals surface area (Å²) in [6, 6.07) is 9.05. The maximum absolute atomic E-state index is 13.2. The van der Waals surface area contributed by atoms with E-state index in [2.05, 4.69) is 47.9 Å². The molecule has 2 aromatic carbocycles. The number of fused-ring (bicyclic) bond motifs is 1. The molecular formula is C23H21Br2N3O3. The SMILES string of the molecule is C#CCOc1c(Br)cc(C=Nn2c(C(C)C)nc3ccc(Br)cc3c2=O)cc1OCC. The molecule has 0 aliphatic carbocycles. The van der Waals surface area contributed by atoms with Crippen molar-refractivity contribution < 1.29 is 9.47 Å². The first kappa shape index (κ1) is 23.0. The van der Waals surface area contributed by atoms with Crippen molar-refractivity contribution in [2.45, 2.75) is 26.7 Å². The van der Waals surface area contributed by atoms with E-state index in [1.54, 1.807) is 18.3 Å². The van der Waals surface area contributed by atoms with Crippen LogP contribution in [0.4, 0.5) is 0 Å². The maximum Gasteiger partial charge on any atom is 0.282 e. The van der Waals surface area contributed by atoms with E-state index >= 15 is 0 Å². The zero-order chi connectivity index (χ0) is 22.5. The van der Waals surface area contributed by atoms with Crippen LogP contribution in [-0.4, -0.2) is 29.1 Å². The third-order valence-corrected chi connectivity index (χ3v) is 5.39. The van der Waals surface area contributed by atoms with Crippen molar-refractivity contribution >= 4 is 49.0 Å². The fraction of sp³-hybridized carbons (Fsp3) is 0.261. The van der Waals surface area contributed by atoms with Crippen LogP contribution in [0.5, 0.6) is 11.5 Å². The number of benzene rings is 2. The quantitative estimate of drug-likeness (QED) is 0.296. The maximum atomic E-state index is 13.2. The monoisotopic (exact) mass is 545 g/mol. The zero-order valence-corrected chi connectivity index (χ0v) is 20.5. The van der Waals surface area contributed by atoms with Gasteiger partial charge in [0.25, 0.3) is 5.56 Å². The number of terminal acetylenes is 1. The van der Waals surface area contributed by atoms with Gasteiger partial charge in [-0.3, -0.25) is 4.79 Å². The Balaban J connectivity index is 2.10. The van der Waals surface area contributed by atoms with Gasteiger partial charge in [0.2, 0.25) is 0 Å². The third-order valence-electron chi connectivity index (χ3n) is 4.30. The summed E-state index contributed by atoms with van der Waals surface area (Å²) in [6.45, 7) is 6.41. The fourth-order valence-electron chi connectivity index (χ4n) is 2.95. The smallest absolute Gasteiger partial charge is 0.282 e. The Morgan fingerprint density at radius 3 is 2.71 bits per heavy atom. The predicted molar refractivity (Wildman–Crippen MR) is 130 cm³/mol. The number of halogens is 2. The lowest BCUT2D eigenvalue weighted by atomic mass is 10.2. The zero-order valence-electron chi connectivity index (χ0n) is 17.4. The summed E-state index contributed by atoms with van der Waals surface area (Å²) < 4.78 is 14.1. The molecule has 0 fully saturated rings. The molecule has 0 amide bonds. The van der Waals surface area contributed by atoms with Crippen molar-refractivity contribution in [2.75, 3.05) is 13.2 Å². The molecule has 3 rings (SSSR count). The molecule has 0 N–H and O–H groups in total. The van der Waals surface area contributed by atoms with Gasteiger partial charge in [-0.25, -0.2) is 4.98 Å². The summed E-state index contributed by atoms with van der Waals surface area (Å²) in [4.78, 5) is 17.8. The van der Waals surface area contributed by atoms with Gasteiger partial charge in [0.15, 0.2) is 11.5 Å². The third kappa shape index (κ3) is 5.17. The topological polar surface area (TPSA) is 65.7 Å². The van der Waals surface area contributed by atoms with Crippen molar-refractivity contribution in [3.8, 4) is 23.8 Å². The number of rotatable bonds is 7. The minimum atomic E-state index is -0.232. The predicted octanol–water partition coefficient (Wildman–Crippen LogP) is 5.34. The number of nitrogens with zero attached hydrogens (tertiary/aromatic N) is 3. The summed E-state index contributed by atoms with van der Waals surface area (Å²) in [5.41, 5.74) is 1.13. The molecule has 31 heavy (non-hydrogen) atoms. The van der Waals surface area contributed by atoms with Crippen molar-refractivity contribution in [1.29, 1.82) is 0 Å². The number of aromatic nitrogens is 2. The number of ether oxygens (including phenoxy) is 2. The van der Waals surface area contributed by atoms with Gasteiger partial charge in [0, 0.05) is 10.4 Å². The molecule has 0 aliphatic rings. The van der Waals surface area contributed by atoms with Crippen molar-refractivity contribution in [2.24, 2.45) is 5.10 Å². The van der Waals surface area contributed by atoms with E-state index < -0.39 is 0 Å². The Kier molecular flexibility index (Phi) is 7.52. The van der Waals surface area contributed by atoms with E-state index in [0.717, 1.165) is 10.0 Å². The molecule has 0 saturated heterocycles.